The zero-order valence-corrected chi connectivity index (χ0v) is 20.3. The number of nitrogens with zero attached hydrogens (tertiary/aromatic N) is 1. The molecule has 0 radical (unpaired) electrons. The Bertz CT molecular complexity index is 1530. The van der Waals surface area contributed by atoms with E-state index in [-0.39, 0.29) is 12.5 Å². The Morgan fingerprint density at radius 2 is 1.71 bits per heavy atom. The van der Waals surface area contributed by atoms with E-state index in [0.717, 1.165) is 54.8 Å². The Morgan fingerprint density at radius 1 is 0.943 bits per heavy atom. The number of hydrogen-bond donors (Lipinski definition) is 1. The molecule has 0 bridgehead atoms. The molecule has 1 amide bonds. The third kappa shape index (κ3) is 4.53. The summed E-state index contributed by atoms with van der Waals surface area (Å²) in [6.07, 6.45) is 0.793. The second-order valence-electron chi connectivity index (χ2n) is 8.28. The van der Waals surface area contributed by atoms with Crippen LogP contribution in [0, 0.1) is 6.92 Å². The number of amides is 1. The topological polar surface area (TPSA) is 68.3 Å². The molecule has 0 aliphatic rings. The Balaban J connectivity index is 1.42. The van der Waals surface area contributed by atoms with Gasteiger partial charge in [-0.3, -0.25) is 4.79 Å². The van der Waals surface area contributed by atoms with Crippen LogP contribution in [0.3, 0.4) is 0 Å². The van der Waals surface area contributed by atoms with Gasteiger partial charge in [0.15, 0.2) is 6.61 Å². The van der Waals surface area contributed by atoms with E-state index in [9.17, 15) is 9.59 Å². The number of carbonyl (C=O) groups is 2. The van der Waals surface area contributed by atoms with Crippen LogP contribution in [0.1, 0.15) is 28.4 Å². The first-order valence-electron chi connectivity index (χ1n) is 11.5. The second-order valence-corrected chi connectivity index (χ2v) is 9.31. The fourth-order valence-corrected chi connectivity index (χ4v) is 5.26. The molecular weight excluding hydrogens is 456 g/mol. The van der Waals surface area contributed by atoms with Crippen LogP contribution >= 0.6 is 11.3 Å². The SMILES string of the molecule is CCc1cccc(C)c1NC(=O)COC(=O)c1cccc2cccc(-c3nc4ccccc4s3)c12. The number of carbonyl (C=O) groups excluding carboxylic acids is 2. The fraction of sp³-hybridized carbons (Fsp3) is 0.138. The van der Waals surface area contributed by atoms with E-state index in [2.05, 4.69) is 5.32 Å². The Kier molecular flexibility index (Phi) is 6.29. The van der Waals surface area contributed by atoms with Gasteiger partial charge in [0.25, 0.3) is 5.91 Å². The highest BCUT2D eigenvalue weighted by atomic mass is 32.1. The first-order valence-corrected chi connectivity index (χ1v) is 12.3. The van der Waals surface area contributed by atoms with Crippen molar-refractivity contribution in [3.63, 3.8) is 0 Å². The smallest absolute Gasteiger partial charge is 0.339 e. The quantitative estimate of drug-likeness (QED) is 0.272. The van der Waals surface area contributed by atoms with Gasteiger partial charge in [-0.25, -0.2) is 9.78 Å². The highest BCUT2D eigenvalue weighted by molar-refractivity contribution is 7.21. The molecule has 0 saturated carbocycles. The van der Waals surface area contributed by atoms with Gasteiger partial charge in [0, 0.05) is 16.6 Å². The van der Waals surface area contributed by atoms with Gasteiger partial charge < -0.3 is 10.1 Å². The lowest BCUT2D eigenvalue weighted by atomic mass is 9.99. The number of fused-ring (bicyclic) bond motifs is 2. The number of aryl methyl sites for hydroxylation is 2. The fourth-order valence-electron chi connectivity index (χ4n) is 4.26. The summed E-state index contributed by atoms with van der Waals surface area (Å²) in [5, 5.41) is 5.42. The number of anilines is 1. The van der Waals surface area contributed by atoms with E-state index in [1.165, 1.54) is 0 Å². The van der Waals surface area contributed by atoms with Crippen LogP contribution in [0.25, 0.3) is 31.6 Å². The standard InChI is InChI=1S/C29H24N2O3S/c1-3-19-10-6-9-18(2)27(19)31-25(32)17-34-29(33)22-14-8-12-20-11-7-13-21(26(20)22)28-30-23-15-4-5-16-24(23)35-28/h4-16H,3,17H2,1-2H3,(H,31,32). The predicted octanol–water partition coefficient (Wildman–Crippen LogP) is 6.78. The van der Waals surface area contributed by atoms with Gasteiger partial charge in [0.1, 0.15) is 5.01 Å². The third-order valence-corrected chi connectivity index (χ3v) is 7.06. The van der Waals surface area contributed by atoms with Crippen LogP contribution in [0.4, 0.5) is 5.69 Å². The summed E-state index contributed by atoms with van der Waals surface area (Å²) in [5.74, 6) is -0.909. The molecule has 5 aromatic rings. The molecule has 4 aromatic carbocycles. The normalized spacial score (nSPS) is 11.0. The molecule has 0 atom stereocenters. The minimum atomic E-state index is -0.542. The van der Waals surface area contributed by atoms with Crippen molar-refractivity contribution in [3.8, 4) is 10.6 Å². The predicted molar refractivity (Wildman–Crippen MR) is 142 cm³/mol. The van der Waals surface area contributed by atoms with Crippen molar-refractivity contribution in [1.82, 2.24) is 4.98 Å². The summed E-state index contributed by atoms with van der Waals surface area (Å²) in [4.78, 5) is 30.5. The average molecular weight is 481 g/mol. The van der Waals surface area contributed by atoms with E-state index in [1.54, 1.807) is 17.4 Å². The van der Waals surface area contributed by atoms with Crippen molar-refractivity contribution >= 4 is 49.9 Å². The Labute approximate surface area is 207 Å². The summed E-state index contributed by atoms with van der Waals surface area (Å²) in [5.41, 5.74) is 4.99. The maximum absolute atomic E-state index is 13.1. The van der Waals surface area contributed by atoms with E-state index >= 15 is 0 Å². The average Bonchev–Trinajstić information content (AvgIpc) is 3.32. The molecule has 0 aliphatic heterocycles. The second kappa shape index (κ2) is 9.68. The van der Waals surface area contributed by atoms with Gasteiger partial charge in [0.2, 0.25) is 0 Å². The molecule has 1 heterocycles. The van der Waals surface area contributed by atoms with Crippen molar-refractivity contribution in [2.75, 3.05) is 11.9 Å². The lowest BCUT2D eigenvalue weighted by Crippen LogP contribution is -2.22. The van der Waals surface area contributed by atoms with Crippen LogP contribution in [0.5, 0.6) is 0 Å². The van der Waals surface area contributed by atoms with Crippen molar-refractivity contribution in [2.45, 2.75) is 20.3 Å². The Hall–Kier alpha value is -4.03. The summed E-state index contributed by atoms with van der Waals surface area (Å²) in [6, 6.07) is 25.2. The van der Waals surface area contributed by atoms with Crippen LogP contribution in [-0.4, -0.2) is 23.5 Å². The van der Waals surface area contributed by atoms with Crippen molar-refractivity contribution in [1.29, 1.82) is 0 Å². The van der Waals surface area contributed by atoms with Crippen molar-refractivity contribution in [2.24, 2.45) is 0 Å². The Morgan fingerprint density at radius 3 is 2.51 bits per heavy atom. The lowest BCUT2D eigenvalue weighted by molar-refractivity contribution is -0.119. The van der Waals surface area contributed by atoms with Gasteiger partial charge in [-0.2, -0.15) is 0 Å². The highest BCUT2D eigenvalue weighted by Crippen LogP contribution is 2.36. The zero-order chi connectivity index (χ0) is 24.4. The number of esters is 1. The third-order valence-electron chi connectivity index (χ3n) is 5.99. The number of nitrogens with one attached hydrogen (secondary N) is 1. The number of aromatic nitrogens is 1. The first kappa shape index (κ1) is 22.7. The highest BCUT2D eigenvalue weighted by Gasteiger charge is 2.19. The number of rotatable bonds is 6. The molecular formula is C29H24N2O3S. The number of benzene rings is 4. The van der Waals surface area contributed by atoms with Crippen LogP contribution in [0.15, 0.2) is 78.9 Å². The molecule has 35 heavy (non-hydrogen) atoms. The number of ether oxygens (including phenoxy) is 1. The first-order chi connectivity index (χ1) is 17.0. The lowest BCUT2D eigenvalue weighted by Gasteiger charge is -2.14. The maximum atomic E-state index is 13.1. The van der Waals surface area contributed by atoms with Gasteiger partial charge >= 0.3 is 5.97 Å². The minimum Gasteiger partial charge on any atom is -0.452 e. The van der Waals surface area contributed by atoms with Gasteiger partial charge in [-0.15, -0.1) is 11.3 Å². The van der Waals surface area contributed by atoms with Crippen LogP contribution < -0.4 is 5.32 Å². The molecule has 5 rings (SSSR count). The summed E-state index contributed by atoms with van der Waals surface area (Å²) in [7, 11) is 0. The molecule has 0 saturated heterocycles. The summed E-state index contributed by atoms with van der Waals surface area (Å²) < 4.78 is 6.55. The van der Waals surface area contributed by atoms with Crippen LogP contribution in [0.2, 0.25) is 0 Å². The van der Waals surface area contributed by atoms with E-state index in [1.807, 2.05) is 86.6 Å². The van der Waals surface area contributed by atoms with E-state index in [4.69, 9.17) is 9.72 Å². The van der Waals surface area contributed by atoms with Gasteiger partial charge in [0.05, 0.1) is 15.8 Å². The van der Waals surface area contributed by atoms with Crippen molar-refractivity contribution in [3.05, 3.63) is 95.6 Å². The van der Waals surface area contributed by atoms with E-state index in [0.29, 0.717) is 5.56 Å². The molecule has 1 aromatic heterocycles. The molecule has 0 fully saturated rings. The summed E-state index contributed by atoms with van der Waals surface area (Å²) >= 11 is 1.58. The molecule has 5 nitrogen and oxygen atoms in total. The minimum absolute atomic E-state index is 0.365. The number of para-hydroxylation sites is 2. The molecule has 6 heteroatoms. The monoisotopic (exact) mass is 480 g/mol. The van der Waals surface area contributed by atoms with Crippen molar-refractivity contribution < 1.29 is 14.3 Å². The molecule has 174 valence electrons. The molecule has 0 unspecified atom stereocenters. The van der Waals surface area contributed by atoms with E-state index < -0.39 is 5.97 Å². The summed E-state index contributed by atoms with van der Waals surface area (Å²) in [6.45, 7) is 3.62. The maximum Gasteiger partial charge on any atom is 0.339 e. The van der Waals surface area contributed by atoms with Crippen LogP contribution in [-0.2, 0) is 16.0 Å². The molecule has 0 spiro atoms. The zero-order valence-electron chi connectivity index (χ0n) is 19.5. The molecule has 1 N–H and O–H groups in total. The number of thiazole rings is 1. The van der Waals surface area contributed by atoms with Gasteiger partial charge in [-0.1, -0.05) is 67.6 Å². The largest absolute Gasteiger partial charge is 0.452 e. The number of hydrogen-bond acceptors (Lipinski definition) is 5. The molecule has 0 aliphatic carbocycles. The van der Waals surface area contributed by atoms with Gasteiger partial charge in [-0.05, 0) is 48.1 Å².